The highest BCUT2D eigenvalue weighted by atomic mass is 32.2. The van der Waals surface area contributed by atoms with Gasteiger partial charge in [0.2, 0.25) is 11.8 Å². The standard InChI is InChI=1S/C20H29N3O2S.C4H8O2/c1-13(2)11-20(12-15(4)18-9-7-14(3)8-10-18)23(17(6)25)22-19(26-20)21-16(5)24;1-3-6-4(2)5/h7-10,13,15H,11-12H2,1-6H3,(H,21,22,24);3H2,1-2H3/t15-,20-;/m0./s1. The Morgan fingerprint density at radius 1 is 1.09 bits per heavy atom. The second kappa shape index (κ2) is 12.6. The van der Waals surface area contributed by atoms with Crippen molar-refractivity contribution >= 4 is 34.7 Å². The van der Waals surface area contributed by atoms with Crippen LogP contribution in [0.25, 0.3) is 0 Å². The van der Waals surface area contributed by atoms with Gasteiger partial charge in [-0.2, -0.15) is 0 Å². The fourth-order valence-corrected chi connectivity index (χ4v) is 5.34. The Balaban J connectivity index is 0.000000751. The average molecular weight is 464 g/mol. The van der Waals surface area contributed by atoms with Crippen LogP contribution in [-0.4, -0.2) is 39.4 Å². The van der Waals surface area contributed by atoms with E-state index in [1.165, 1.54) is 43.7 Å². The SMILES string of the molecule is CC(=O)NC1=NN(C(C)=O)[C@](CC(C)C)(C[C@H](C)c2ccc(C)cc2)S1.CCOC(C)=O. The number of benzene rings is 1. The number of amidine groups is 1. The number of nitrogens with one attached hydrogen (secondary N) is 1. The predicted molar refractivity (Wildman–Crippen MR) is 130 cm³/mol. The molecule has 0 bridgehead atoms. The Kier molecular flexibility index (Phi) is 10.9. The summed E-state index contributed by atoms with van der Waals surface area (Å²) in [6, 6.07) is 8.53. The highest BCUT2D eigenvalue weighted by molar-refractivity contribution is 8.15. The summed E-state index contributed by atoms with van der Waals surface area (Å²) in [4.78, 5) is 33.1. The minimum absolute atomic E-state index is 0.102. The maximum absolute atomic E-state index is 12.3. The molecule has 1 heterocycles. The van der Waals surface area contributed by atoms with E-state index in [1.807, 2.05) is 0 Å². The molecule has 1 aromatic carbocycles. The van der Waals surface area contributed by atoms with Crippen LogP contribution in [0, 0.1) is 12.8 Å². The van der Waals surface area contributed by atoms with Crippen LogP contribution >= 0.6 is 11.8 Å². The molecule has 0 unspecified atom stereocenters. The minimum Gasteiger partial charge on any atom is -0.466 e. The van der Waals surface area contributed by atoms with Gasteiger partial charge in [-0.3, -0.25) is 14.4 Å². The number of hydrazone groups is 1. The third-order valence-corrected chi connectivity index (χ3v) is 6.05. The zero-order chi connectivity index (χ0) is 24.5. The van der Waals surface area contributed by atoms with Crippen LogP contribution in [0.2, 0.25) is 0 Å². The van der Waals surface area contributed by atoms with Gasteiger partial charge in [0.05, 0.1) is 6.61 Å². The number of thioether (sulfide) groups is 1. The Morgan fingerprint density at radius 2 is 1.69 bits per heavy atom. The molecule has 178 valence electrons. The molecule has 8 heteroatoms. The molecular formula is C24H37N3O4S. The molecule has 1 aromatic rings. The first-order chi connectivity index (χ1) is 14.9. The Hall–Kier alpha value is -2.35. The molecule has 0 aromatic heterocycles. The molecule has 2 rings (SSSR count). The summed E-state index contributed by atoms with van der Waals surface area (Å²) in [5.41, 5.74) is 2.48. The lowest BCUT2D eigenvalue weighted by atomic mass is 9.89. The number of carbonyl (C=O) groups excluding carboxylic acids is 3. The smallest absolute Gasteiger partial charge is 0.302 e. The van der Waals surface area contributed by atoms with Gasteiger partial charge < -0.3 is 10.1 Å². The second-order valence-electron chi connectivity index (χ2n) is 8.50. The van der Waals surface area contributed by atoms with E-state index in [0.29, 0.717) is 17.7 Å². The summed E-state index contributed by atoms with van der Waals surface area (Å²) in [6.07, 6.45) is 1.57. The highest BCUT2D eigenvalue weighted by Crippen LogP contribution is 2.47. The van der Waals surface area contributed by atoms with Crippen LogP contribution in [0.15, 0.2) is 29.4 Å². The van der Waals surface area contributed by atoms with Crippen molar-refractivity contribution in [2.75, 3.05) is 6.61 Å². The number of esters is 1. The molecule has 1 aliphatic heterocycles. The van der Waals surface area contributed by atoms with Crippen molar-refractivity contribution in [3.05, 3.63) is 35.4 Å². The number of aryl methyl sites for hydroxylation is 1. The number of nitrogens with zero attached hydrogens (tertiary/aromatic N) is 2. The number of amides is 2. The van der Waals surface area contributed by atoms with E-state index in [4.69, 9.17) is 0 Å². The van der Waals surface area contributed by atoms with Crippen LogP contribution in [0.1, 0.15) is 78.4 Å². The zero-order valence-electron chi connectivity index (χ0n) is 20.5. The largest absolute Gasteiger partial charge is 0.466 e. The molecular weight excluding hydrogens is 426 g/mol. The molecule has 2 atom stereocenters. The lowest BCUT2D eigenvalue weighted by molar-refractivity contribution is -0.140. The molecule has 0 radical (unpaired) electrons. The second-order valence-corrected chi connectivity index (χ2v) is 9.85. The van der Waals surface area contributed by atoms with E-state index in [-0.39, 0.29) is 23.7 Å². The third-order valence-electron chi connectivity index (χ3n) is 4.79. The zero-order valence-corrected chi connectivity index (χ0v) is 21.3. The fraction of sp³-hybridized carbons (Fsp3) is 0.583. The van der Waals surface area contributed by atoms with E-state index in [1.54, 1.807) is 11.9 Å². The van der Waals surface area contributed by atoms with Gasteiger partial charge in [-0.25, -0.2) is 5.01 Å². The molecule has 0 spiro atoms. The first kappa shape index (κ1) is 27.7. The van der Waals surface area contributed by atoms with Crippen molar-refractivity contribution in [1.29, 1.82) is 0 Å². The molecule has 32 heavy (non-hydrogen) atoms. The summed E-state index contributed by atoms with van der Waals surface area (Å²) >= 11 is 1.50. The number of hydrogen-bond acceptors (Lipinski definition) is 6. The molecule has 0 fully saturated rings. The Bertz CT molecular complexity index is 823. The summed E-state index contributed by atoms with van der Waals surface area (Å²) in [6.45, 7) is 15.2. The molecule has 0 saturated heterocycles. The maximum Gasteiger partial charge on any atom is 0.302 e. The number of carbonyl (C=O) groups is 3. The first-order valence-electron chi connectivity index (χ1n) is 11.0. The molecule has 1 aliphatic rings. The van der Waals surface area contributed by atoms with Crippen molar-refractivity contribution in [2.45, 2.75) is 79.0 Å². The molecule has 1 N–H and O–H groups in total. The molecule has 2 amide bonds. The Labute approximate surface area is 196 Å². The molecule has 7 nitrogen and oxygen atoms in total. The maximum atomic E-state index is 12.3. The quantitative estimate of drug-likeness (QED) is 0.612. The summed E-state index contributed by atoms with van der Waals surface area (Å²) in [5.74, 6) is 0.163. The summed E-state index contributed by atoms with van der Waals surface area (Å²) in [5, 5.41) is 9.26. The topological polar surface area (TPSA) is 88.1 Å². The van der Waals surface area contributed by atoms with Crippen molar-refractivity contribution < 1.29 is 19.1 Å². The normalized spacial score (nSPS) is 18.4. The molecule has 0 aliphatic carbocycles. The minimum atomic E-state index is -0.484. The van der Waals surface area contributed by atoms with Crippen molar-refractivity contribution in [3.8, 4) is 0 Å². The molecule has 0 saturated carbocycles. The van der Waals surface area contributed by atoms with Gasteiger partial charge in [0.1, 0.15) is 4.87 Å². The number of rotatable bonds is 6. The van der Waals surface area contributed by atoms with Crippen LogP contribution < -0.4 is 5.32 Å². The predicted octanol–water partition coefficient (Wildman–Crippen LogP) is 4.80. The van der Waals surface area contributed by atoms with Gasteiger partial charge in [-0.05, 0) is 44.1 Å². The van der Waals surface area contributed by atoms with Gasteiger partial charge in [0.15, 0.2) is 5.17 Å². The van der Waals surface area contributed by atoms with Crippen molar-refractivity contribution in [2.24, 2.45) is 11.0 Å². The Morgan fingerprint density at radius 3 is 2.09 bits per heavy atom. The average Bonchev–Trinajstić information content (AvgIpc) is 2.98. The van der Waals surface area contributed by atoms with E-state index < -0.39 is 4.87 Å². The van der Waals surface area contributed by atoms with E-state index in [2.05, 4.69) is 67.1 Å². The van der Waals surface area contributed by atoms with Gasteiger partial charge in [0.25, 0.3) is 0 Å². The van der Waals surface area contributed by atoms with Crippen LogP contribution in [-0.2, 0) is 19.1 Å². The van der Waals surface area contributed by atoms with Crippen LogP contribution in [0.3, 0.4) is 0 Å². The lowest BCUT2D eigenvalue weighted by Crippen LogP contribution is -2.44. The summed E-state index contributed by atoms with van der Waals surface area (Å²) < 4.78 is 4.40. The third kappa shape index (κ3) is 8.65. The van der Waals surface area contributed by atoms with Gasteiger partial charge in [-0.1, -0.05) is 62.4 Å². The van der Waals surface area contributed by atoms with Crippen molar-refractivity contribution in [1.82, 2.24) is 10.3 Å². The van der Waals surface area contributed by atoms with E-state index in [9.17, 15) is 14.4 Å². The van der Waals surface area contributed by atoms with Gasteiger partial charge in [0, 0.05) is 20.8 Å². The monoisotopic (exact) mass is 463 g/mol. The van der Waals surface area contributed by atoms with Gasteiger partial charge >= 0.3 is 5.97 Å². The highest BCUT2D eigenvalue weighted by Gasteiger charge is 2.47. The fourth-order valence-electron chi connectivity index (χ4n) is 3.66. The van der Waals surface area contributed by atoms with Crippen LogP contribution in [0.4, 0.5) is 0 Å². The number of hydrogen-bond donors (Lipinski definition) is 1. The van der Waals surface area contributed by atoms with Gasteiger partial charge in [-0.15, -0.1) is 5.10 Å². The summed E-state index contributed by atoms with van der Waals surface area (Å²) in [7, 11) is 0. The van der Waals surface area contributed by atoms with Crippen LogP contribution in [0.5, 0.6) is 0 Å². The van der Waals surface area contributed by atoms with E-state index in [0.717, 1.165) is 12.8 Å². The van der Waals surface area contributed by atoms with E-state index >= 15 is 0 Å². The van der Waals surface area contributed by atoms with Crippen molar-refractivity contribution in [3.63, 3.8) is 0 Å². The number of ether oxygens (including phenoxy) is 1. The lowest BCUT2D eigenvalue weighted by Gasteiger charge is -2.38. The first-order valence-corrected chi connectivity index (χ1v) is 11.8.